The van der Waals surface area contributed by atoms with Crippen molar-refractivity contribution in [2.45, 2.75) is 24.7 Å². The van der Waals surface area contributed by atoms with E-state index in [4.69, 9.17) is 0 Å². The third-order valence-electron chi connectivity index (χ3n) is 7.74. The minimum atomic E-state index is -0.543. The minimum Gasteiger partial charge on any atom is -0.274 e. The van der Waals surface area contributed by atoms with Gasteiger partial charge in [0.05, 0.1) is 17.5 Å². The summed E-state index contributed by atoms with van der Waals surface area (Å²) < 4.78 is 0.753. The lowest BCUT2D eigenvalue weighted by atomic mass is 9.42. The molecule has 2 atom stereocenters. The lowest BCUT2D eigenvalue weighted by molar-refractivity contribution is -0.124. The van der Waals surface area contributed by atoms with Gasteiger partial charge in [0.2, 0.25) is 11.8 Å². The summed E-state index contributed by atoms with van der Waals surface area (Å²) in [4.78, 5) is 29.3. The zero-order chi connectivity index (χ0) is 20.8. The maximum absolute atomic E-state index is 13.9. The molecule has 0 spiro atoms. The highest BCUT2D eigenvalue weighted by atomic mass is 79.9. The summed E-state index contributed by atoms with van der Waals surface area (Å²) in [5.74, 6) is -1.05. The van der Waals surface area contributed by atoms with Crippen molar-refractivity contribution in [3.63, 3.8) is 0 Å². The van der Waals surface area contributed by atoms with Crippen LogP contribution in [-0.2, 0) is 20.4 Å². The smallest absolute Gasteiger partial charge is 0.239 e. The van der Waals surface area contributed by atoms with E-state index < -0.39 is 22.7 Å². The Kier molecular flexibility index (Phi) is 3.44. The van der Waals surface area contributed by atoms with Crippen molar-refractivity contribution in [1.29, 1.82) is 0 Å². The number of carbonyl (C=O) groups excluding carboxylic acids is 2. The Labute approximate surface area is 183 Å². The van der Waals surface area contributed by atoms with Crippen molar-refractivity contribution in [3.8, 4) is 0 Å². The number of amides is 2. The largest absolute Gasteiger partial charge is 0.274 e. The van der Waals surface area contributed by atoms with Crippen LogP contribution in [0.1, 0.15) is 36.1 Å². The summed E-state index contributed by atoms with van der Waals surface area (Å²) in [6, 6.07) is 24.2. The average molecular weight is 458 g/mol. The Hall–Kier alpha value is -2.72. The van der Waals surface area contributed by atoms with Crippen LogP contribution in [-0.4, -0.2) is 11.8 Å². The van der Waals surface area contributed by atoms with Crippen LogP contribution in [0.15, 0.2) is 77.3 Å². The van der Waals surface area contributed by atoms with E-state index >= 15 is 0 Å². The van der Waals surface area contributed by atoms with Gasteiger partial charge in [-0.15, -0.1) is 0 Å². The summed E-state index contributed by atoms with van der Waals surface area (Å²) in [5, 5.41) is 0. The van der Waals surface area contributed by atoms with Gasteiger partial charge >= 0.3 is 0 Å². The molecule has 1 saturated heterocycles. The van der Waals surface area contributed by atoms with Crippen LogP contribution in [0.4, 0.5) is 5.69 Å². The van der Waals surface area contributed by atoms with Gasteiger partial charge in [-0.25, -0.2) is 4.90 Å². The third kappa shape index (κ3) is 1.83. The molecule has 1 heterocycles. The molecule has 2 bridgehead atoms. The van der Waals surface area contributed by atoms with Crippen molar-refractivity contribution in [1.82, 2.24) is 0 Å². The Morgan fingerprint density at radius 2 is 1.03 bits per heavy atom. The molecular weight excluding hydrogens is 438 g/mol. The summed E-state index contributed by atoms with van der Waals surface area (Å²) >= 11 is 3.54. The van der Waals surface area contributed by atoms with Crippen molar-refractivity contribution >= 4 is 33.4 Å². The second-order valence-corrected chi connectivity index (χ2v) is 9.77. The number of halogens is 1. The van der Waals surface area contributed by atoms with E-state index in [9.17, 15) is 9.59 Å². The van der Waals surface area contributed by atoms with Crippen molar-refractivity contribution < 1.29 is 9.59 Å². The molecule has 3 nitrogen and oxygen atoms in total. The first-order valence-corrected chi connectivity index (χ1v) is 11.0. The highest BCUT2D eigenvalue weighted by Gasteiger charge is 2.70. The predicted octanol–water partition coefficient (Wildman–Crippen LogP) is 5.19. The monoisotopic (exact) mass is 457 g/mol. The van der Waals surface area contributed by atoms with Crippen molar-refractivity contribution in [2.75, 3.05) is 4.90 Å². The molecule has 30 heavy (non-hydrogen) atoms. The highest BCUT2D eigenvalue weighted by Crippen LogP contribution is 2.66. The molecule has 4 aliphatic rings. The van der Waals surface area contributed by atoms with E-state index in [1.807, 2.05) is 48.5 Å². The SMILES string of the molecule is CC12c3ccccc3C(C)(c3ccccc31)[C@H]1C(=O)N(c3ccccc3Br)C(=O)[C@H]12. The molecule has 1 aliphatic heterocycles. The van der Waals surface area contributed by atoms with E-state index in [1.165, 1.54) is 27.2 Å². The second-order valence-electron chi connectivity index (χ2n) is 8.91. The van der Waals surface area contributed by atoms with Gasteiger partial charge < -0.3 is 0 Å². The highest BCUT2D eigenvalue weighted by molar-refractivity contribution is 9.10. The van der Waals surface area contributed by atoms with Crippen molar-refractivity contribution in [2.24, 2.45) is 11.8 Å². The van der Waals surface area contributed by atoms with Crippen LogP contribution in [0.25, 0.3) is 0 Å². The zero-order valence-corrected chi connectivity index (χ0v) is 18.3. The summed E-state index contributed by atoms with van der Waals surface area (Å²) in [5.41, 5.74) is 4.22. The van der Waals surface area contributed by atoms with Crippen LogP contribution in [0.5, 0.6) is 0 Å². The van der Waals surface area contributed by atoms with Crippen LogP contribution in [0, 0.1) is 11.8 Å². The van der Waals surface area contributed by atoms with Gasteiger partial charge in [0.1, 0.15) is 0 Å². The first kappa shape index (κ1) is 18.1. The van der Waals surface area contributed by atoms with Gasteiger partial charge in [0.25, 0.3) is 0 Å². The van der Waals surface area contributed by atoms with Gasteiger partial charge in [0, 0.05) is 15.3 Å². The Morgan fingerprint density at radius 1 is 0.667 bits per heavy atom. The van der Waals surface area contributed by atoms with Crippen molar-refractivity contribution in [3.05, 3.63) is 99.5 Å². The molecule has 2 amide bonds. The maximum atomic E-state index is 13.9. The second kappa shape index (κ2) is 5.70. The van der Waals surface area contributed by atoms with E-state index in [1.54, 1.807) is 0 Å². The number of para-hydroxylation sites is 1. The molecule has 3 aliphatic carbocycles. The molecule has 4 heteroatoms. The van der Waals surface area contributed by atoms with Crippen LogP contribution in [0.3, 0.4) is 0 Å². The normalized spacial score (nSPS) is 30.8. The van der Waals surface area contributed by atoms with Gasteiger partial charge in [-0.2, -0.15) is 0 Å². The van der Waals surface area contributed by atoms with Crippen LogP contribution < -0.4 is 4.90 Å². The van der Waals surface area contributed by atoms with Gasteiger partial charge in [-0.1, -0.05) is 74.5 Å². The lowest BCUT2D eigenvalue weighted by Gasteiger charge is -2.57. The molecule has 148 valence electrons. The summed E-state index contributed by atoms with van der Waals surface area (Å²) in [6.07, 6.45) is 0. The molecule has 3 aromatic carbocycles. The fourth-order valence-electron chi connectivity index (χ4n) is 6.44. The Bertz CT molecular complexity index is 1140. The first-order chi connectivity index (χ1) is 14.4. The summed E-state index contributed by atoms with van der Waals surface area (Å²) in [7, 11) is 0. The number of nitrogens with zero attached hydrogens (tertiary/aromatic N) is 1. The topological polar surface area (TPSA) is 37.4 Å². The fraction of sp³-hybridized carbons (Fsp3) is 0.231. The predicted molar refractivity (Wildman–Crippen MR) is 119 cm³/mol. The molecule has 0 unspecified atom stereocenters. The Balaban J connectivity index is 1.68. The number of anilines is 1. The van der Waals surface area contributed by atoms with Crippen LogP contribution >= 0.6 is 15.9 Å². The number of carbonyl (C=O) groups is 2. The number of benzene rings is 3. The third-order valence-corrected chi connectivity index (χ3v) is 8.41. The molecule has 0 N–H and O–H groups in total. The van der Waals surface area contributed by atoms with Crippen LogP contribution in [0.2, 0.25) is 0 Å². The van der Waals surface area contributed by atoms with Gasteiger partial charge in [-0.05, 0) is 50.3 Å². The van der Waals surface area contributed by atoms with E-state index in [0.717, 1.165) is 4.47 Å². The standard InChI is InChI=1S/C26H20BrNO2/c1-25-15-9-3-5-11-17(15)26(2,18-12-6-4-10-16(18)25)22-21(25)23(29)28(24(22)30)20-14-8-7-13-19(20)27/h3-14,21-22H,1-2H3/t21-,22+,25?,26?. The van der Waals surface area contributed by atoms with E-state index in [0.29, 0.717) is 5.69 Å². The Morgan fingerprint density at radius 3 is 1.43 bits per heavy atom. The molecule has 0 radical (unpaired) electrons. The molecule has 0 aromatic heterocycles. The molecule has 7 rings (SSSR count). The van der Waals surface area contributed by atoms with Gasteiger partial charge in [-0.3, -0.25) is 9.59 Å². The maximum Gasteiger partial charge on any atom is 0.239 e. The molecular formula is C26H20BrNO2. The number of hydrogen-bond acceptors (Lipinski definition) is 2. The van der Waals surface area contributed by atoms with E-state index in [2.05, 4.69) is 54.0 Å². The zero-order valence-electron chi connectivity index (χ0n) is 16.7. The number of imide groups is 1. The quantitative estimate of drug-likeness (QED) is 0.471. The fourth-order valence-corrected chi connectivity index (χ4v) is 6.90. The molecule has 1 fully saturated rings. The number of hydrogen-bond donors (Lipinski definition) is 0. The summed E-state index contributed by atoms with van der Waals surface area (Å²) in [6.45, 7) is 4.30. The lowest BCUT2D eigenvalue weighted by Crippen LogP contribution is -2.59. The van der Waals surface area contributed by atoms with E-state index in [-0.39, 0.29) is 11.8 Å². The minimum absolute atomic E-state index is 0.102. The molecule has 0 saturated carbocycles. The molecule has 3 aromatic rings. The number of rotatable bonds is 1. The average Bonchev–Trinajstić information content (AvgIpc) is 3.04. The van der Waals surface area contributed by atoms with Gasteiger partial charge in [0.15, 0.2) is 0 Å². The first-order valence-electron chi connectivity index (χ1n) is 10.2.